The lowest BCUT2D eigenvalue weighted by Gasteiger charge is -2.32. The molecular weight excluding hydrogens is 324 g/mol. The van der Waals surface area contributed by atoms with E-state index in [4.69, 9.17) is 14.2 Å². The van der Waals surface area contributed by atoms with Crippen molar-refractivity contribution in [3.05, 3.63) is 12.2 Å². The maximum absolute atomic E-state index is 5.83. The minimum absolute atomic E-state index is 0.611. The second-order valence-corrected chi connectivity index (χ2v) is 7.05. The monoisotopic (exact) mass is 370 g/mol. The standard InChI is InChI=1S/C23H46O3/c1-6-11-13-14-15-19-22(18-12-7-2)20-16-17-21-23(24-8-3,25-9-4)26-10-5/h15,19,22H,6-14,16-18,20-21H2,1-5H3. The summed E-state index contributed by atoms with van der Waals surface area (Å²) in [5.74, 6) is -0.120. The smallest absolute Gasteiger partial charge is 0.282 e. The molecule has 0 bridgehead atoms. The first-order valence-electron chi connectivity index (χ1n) is 11.3. The quantitative estimate of drug-likeness (QED) is 0.136. The molecule has 0 rings (SSSR count). The van der Waals surface area contributed by atoms with Crippen molar-refractivity contribution in [2.45, 2.75) is 111 Å². The maximum atomic E-state index is 5.83. The Morgan fingerprint density at radius 2 is 1.27 bits per heavy atom. The average molecular weight is 371 g/mol. The van der Waals surface area contributed by atoms with Gasteiger partial charge in [0, 0.05) is 26.2 Å². The zero-order valence-electron chi connectivity index (χ0n) is 18.4. The van der Waals surface area contributed by atoms with Crippen molar-refractivity contribution >= 4 is 0 Å². The van der Waals surface area contributed by atoms with Crippen LogP contribution in [-0.4, -0.2) is 25.8 Å². The zero-order chi connectivity index (χ0) is 19.5. The van der Waals surface area contributed by atoms with Crippen LogP contribution in [0.5, 0.6) is 0 Å². The van der Waals surface area contributed by atoms with E-state index >= 15 is 0 Å². The molecule has 0 aromatic carbocycles. The van der Waals surface area contributed by atoms with Gasteiger partial charge >= 0.3 is 0 Å². The molecule has 0 saturated heterocycles. The molecule has 26 heavy (non-hydrogen) atoms. The summed E-state index contributed by atoms with van der Waals surface area (Å²) in [6.07, 6.45) is 18.4. The van der Waals surface area contributed by atoms with Crippen LogP contribution in [0, 0.1) is 5.92 Å². The molecule has 0 aromatic heterocycles. The average Bonchev–Trinajstić information content (AvgIpc) is 2.63. The second-order valence-electron chi connectivity index (χ2n) is 7.05. The van der Waals surface area contributed by atoms with E-state index in [-0.39, 0.29) is 0 Å². The van der Waals surface area contributed by atoms with E-state index in [0.29, 0.717) is 19.8 Å². The number of rotatable bonds is 19. The topological polar surface area (TPSA) is 27.7 Å². The lowest BCUT2D eigenvalue weighted by atomic mass is 9.94. The van der Waals surface area contributed by atoms with Crippen molar-refractivity contribution in [3.63, 3.8) is 0 Å². The Labute approximate surface area is 163 Å². The summed E-state index contributed by atoms with van der Waals surface area (Å²) >= 11 is 0. The van der Waals surface area contributed by atoms with Crippen LogP contribution >= 0.6 is 0 Å². The Kier molecular flexibility index (Phi) is 17.7. The molecule has 1 atom stereocenters. The summed E-state index contributed by atoms with van der Waals surface area (Å²) in [6.45, 7) is 12.4. The Balaban J connectivity index is 4.38. The summed E-state index contributed by atoms with van der Waals surface area (Å²) in [4.78, 5) is 0. The lowest BCUT2D eigenvalue weighted by molar-refractivity contribution is -0.380. The normalized spacial score (nSPS) is 13.6. The zero-order valence-corrected chi connectivity index (χ0v) is 18.4. The number of unbranched alkanes of at least 4 members (excludes halogenated alkanes) is 5. The van der Waals surface area contributed by atoms with Crippen molar-refractivity contribution < 1.29 is 14.2 Å². The van der Waals surface area contributed by atoms with Gasteiger partial charge in [0.1, 0.15) is 0 Å². The van der Waals surface area contributed by atoms with Crippen LogP contribution < -0.4 is 0 Å². The minimum Gasteiger partial charge on any atom is -0.328 e. The number of hydrogen-bond acceptors (Lipinski definition) is 3. The number of hydrogen-bond donors (Lipinski definition) is 0. The van der Waals surface area contributed by atoms with Crippen LogP contribution in [0.25, 0.3) is 0 Å². The molecule has 1 unspecified atom stereocenters. The third-order valence-corrected chi connectivity index (χ3v) is 4.71. The van der Waals surface area contributed by atoms with E-state index in [1.165, 1.54) is 57.8 Å². The van der Waals surface area contributed by atoms with Crippen LogP contribution in [0.4, 0.5) is 0 Å². The van der Waals surface area contributed by atoms with Crippen molar-refractivity contribution in [1.82, 2.24) is 0 Å². The van der Waals surface area contributed by atoms with Crippen LogP contribution in [0.3, 0.4) is 0 Å². The Morgan fingerprint density at radius 1 is 0.692 bits per heavy atom. The lowest BCUT2D eigenvalue weighted by Crippen LogP contribution is -2.39. The second kappa shape index (κ2) is 18.0. The predicted molar refractivity (Wildman–Crippen MR) is 112 cm³/mol. The van der Waals surface area contributed by atoms with E-state index in [1.807, 2.05) is 20.8 Å². The molecule has 0 saturated carbocycles. The molecule has 156 valence electrons. The first kappa shape index (κ1) is 25.6. The van der Waals surface area contributed by atoms with Crippen molar-refractivity contribution in [3.8, 4) is 0 Å². The molecule has 0 amide bonds. The molecule has 0 N–H and O–H groups in total. The van der Waals surface area contributed by atoms with E-state index < -0.39 is 5.97 Å². The van der Waals surface area contributed by atoms with Crippen molar-refractivity contribution in [2.24, 2.45) is 5.92 Å². The van der Waals surface area contributed by atoms with Gasteiger partial charge in [-0.15, -0.1) is 0 Å². The first-order chi connectivity index (χ1) is 12.7. The summed E-state index contributed by atoms with van der Waals surface area (Å²) in [5.41, 5.74) is 0. The first-order valence-corrected chi connectivity index (χ1v) is 11.3. The highest BCUT2D eigenvalue weighted by molar-refractivity contribution is 4.88. The van der Waals surface area contributed by atoms with Gasteiger partial charge in [0.25, 0.3) is 5.97 Å². The third-order valence-electron chi connectivity index (χ3n) is 4.71. The van der Waals surface area contributed by atoms with E-state index in [2.05, 4.69) is 26.0 Å². The fourth-order valence-electron chi connectivity index (χ4n) is 3.35. The van der Waals surface area contributed by atoms with E-state index in [1.54, 1.807) is 0 Å². The van der Waals surface area contributed by atoms with Gasteiger partial charge < -0.3 is 14.2 Å². The van der Waals surface area contributed by atoms with Gasteiger partial charge in [0.05, 0.1) is 0 Å². The van der Waals surface area contributed by atoms with E-state index in [0.717, 1.165) is 18.8 Å². The predicted octanol–water partition coefficient (Wildman–Crippen LogP) is 7.25. The summed E-state index contributed by atoms with van der Waals surface area (Å²) in [7, 11) is 0. The molecule has 0 fully saturated rings. The third kappa shape index (κ3) is 12.9. The number of ether oxygens (including phenoxy) is 3. The largest absolute Gasteiger partial charge is 0.328 e. The Hall–Kier alpha value is -0.380. The van der Waals surface area contributed by atoms with Gasteiger partial charge in [0.2, 0.25) is 0 Å². The fraction of sp³-hybridized carbons (Fsp3) is 0.913. The van der Waals surface area contributed by atoms with E-state index in [9.17, 15) is 0 Å². The molecule has 0 aliphatic carbocycles. The molecule has 0 aromatic rings. The van der Waals surface area contributed by atoms with Crippen LogP contribution in [0.2, 0.25) is 0 Å². The molecule has 0 radical (unpaired) electrons. The molecule has 0 aliphatic rings. The SMILES string of the molecule is CCCCCC=CC(CCCC)CCCCC(OCC)(OCC)OCC. The molecule has 3 heteroatoms. The van der Waals surface area contributed by atoms with Gasteiger partial charge in [0.15, 0.2) is 0 Å². The maximum Gasteiger partial charge on any atom is 0.282 e. The highest BCUT2D eigenvalue weighted by Crippen LogP contribution is 2.25. The van der Waals surface area contributed by atoms with Crippen molar-refractivity contribution in [2.75, 3.05) is 19.8 Å². The van der Waals surface area contributed by atoms with Crippen LogP contribution in [0.15, 0.2) is 12.2 Å². The Morgan fingerprint density at radius 3 is 1.81 bits per heavy atom. The summed E-state index contributed by atoms with van der Waals surface area (Å²) < 4.78 is 17.5. The summed E-state index contributed by atoms with van der Waals surface area (Å²) in [6, 6.07) is 0. The number of allylic oxidation sites excluding steroid dienone is 2. The molecule has 3 nitrogen and oxygen atoms in total. The van der Waals surface area contributed by atoms with Gasteiger partial charge in [-0.3, -0.25) is 0 Å². The fourth-order valence-corrected chi connectivity index (χ4v) is 3.35. The molecule has 0 spiro atoms. The highest BCUT2D eigenvalue weighted by Gasteiger charge is 2.31. The van der Waals surface area contributed by atoms with Crippen molar-refractivity contribution in [1.29, 1.82) is 0 Å². The van der Waals surface area contributed by atoms with Crippen LogP contribution in [0.1, 0.15) is 105 Å². The van der Waals surface area contributed by atoms with Gasteiger partial charge in [-0.2, -0.15) is 0 Å². The molecule has 0 aliphatic heterocycles. The molecule has 0 heterocycles. The van der Waals surface area contributed by atoms with Gasteiger partial charge in [-0.1, -0.05) is 58.1 Å². The van der Waals surface area contributed by atoms with Gasteiger partial charge in [-0.25, -0.2) is 0 Å². The minimum atomic E-state index is -0.840. The highest BCUT2D eigenvalue weighted by atomic mass is 16.9. The Bertz CT molecular complexity index is 298. The van der Waals surface area contributed by atoms with Crippen LogP contribution in [-0.2, 0) is 14.2 Å². The molecular formula is C23H46O3. The summed E-state index contributed by atoms with van der Waals surface area (Å²) in [5, 5.41) is 0. The van der Waals surface area contributed by atoms with Gasteiger partial charge in [-0.05, 0) is 58.8 Å².